The summed E-state index contributed by atoms with van der Waals surface area (Å²) in [6.45, 7) is 7.42. The second kappa shape index (κ2) is 6.24. The van der Waals surface area contributed by atoms with Crippen LogP contribution in [0.25, 0.3) is 0 Å². The molecular formula is C27H24O7. The van der Waals surface area contributed by atoms with Crippen molar-refractivity contribution in [3.05, 3.63) is 74.8 Å². The van der Waals surface area contributed by atoms with Gasteiger partial charge in [0.25, 0.3) is 0 Å². The van der Waals surface area contributed by atoms with Gasteiger partial charge in [-0.1, -0.05) is 19.9 Å². The number of carbonyl (C=O) groups excluding carboxylic acids is 1. The van der Waals surface area contributed by atoms with Crippen molar-refractivity contribution in [2.24, 2.45) is 0 Å². The van der Waals surface area contributed by atoms with Crippen LogP contribution in [-0.4, -0.2) is 32.0 Å². The molecule has 1 unspecified atom stereocenters. The van der Waals surface area contributed by atoms with Gasteiger partial charge in [-0.2, -0.15) is 0 Å². The van der Waals surface area contributed by atoms with E-state index in [1.54, 1.807) is 6.07 Å². The molecule has 0 saturated heterocycles. The number of aromatic hydroxyl groups is 4. The third-order valence-electron chi connectivity index (χ3n) is 7.39. The third kappa shape index (κ3) is 2.53. The van der Waals surface area contributed by atoms with Crippen LogP contribution in [-0.2, 0) is 16.6 Å². The molecule has 6 rings (SSSR count). The highest BCUT2D eigenvalue weighted by atomic mass is 16.7. The van der Waals surface area contributed by atoms with Crippen LogP contribution in [0.5, 0.6) is 28.7 Å². The quantitative estimate of drug-likeness (QED) is 0.391. The standard InChI is InChI=1S/C27H24O7/c1-11-5-13(28)9-18-19(11)25-20-12(10-27(4,33-18)34-25)6-15-22(23(20)31)24(32)21-16(26(15,2)3)7-14(29)8-17(21)30/h5-9,25,28-31H,10H2,1-4H3/t25?,27-/m1/s1. The molecule has 0 spiro atoms. The van der Waals surface area contributed by atoms with E-state index in [2.05, 4.69) is 0 Å². The highest BCUT2D eigenvalue weighted by molar-refractivity contribution is 6.16. The Labute approximate surface area is 195 Å². The van der Waals surface area contributed by atoms with Crippen LogP contribution in [0, 0.1) is 6.92 Å². The molecule has 0 amide bonds. The number of carbonyl (C=O) groups is 1. The SMILES string of the molecule is Cc1cc(O)cc2c1C1O[C@](C)(Cc3cc4c(c(O)c31)C(=O)c1c(O)cc(O)cc1C4(C)C)O2. The van der Waals surface area contributed by atoms with Gasteiger partial charge in [0.15, 0.2) is 0 Å². The van der Waals surface area contributed by atoms with Crippen LogP contribution >= 0.6 is 0 Å². The molecule has 0 saturated carbocycles. The molecule has 174 valence electrons. The molecule has 2 atom stereocenters. The van der Waals surface area contributed by atoms with Gasteiger partial charge >= 0.3 is 0 Å². The van der Waals surface area contributed by atoms with Crippen LogP contribution < -0.4 is 4.74 Å². The van der Waals surface area contributed by atoms with Crippen molar-refractivity contribution in [1.29, 1.82) is 0 Å². The zero-order chi connectivity index (χ0) is 24.3. The summed E-state index contributed by atoms with van der Waals surface area (Å²) in [5.74, 6) is -1.64. The van der Waals surface area contributed by atoms with Crippen molar-refractivity contribution in [2.75, 3.05) is 0 Å². The van der Waals surface area contributed by atoms with E-state index in [0.717, 1.165) is 17.2 Å². The van der Waals surface area contributed by atoms with Gasteiger partial charge in [-0.25, -0.2) is 0 Å². The summed E-state index contributed by atoms with van der Waals surface area (Å²) in [6.07, 6.45) is -0.384. The Morgan fingerprint density at radius 3 is 2.29 bits per heavy atom. The van der Waals surface area contributed by atoms with Gasteiger partial charge in [-0.05, 0) is 41.3 Å². The number of rotatable bonds is 0. The first-order valence-corrected chi connectivity index (χ1v) is 11.1. The van der Waals surface area contributed by atoms with Gasteiger partial charge in [0.05, 0.1) is 11.1 Å². The summed E-state index contributed by atoms with van der Waals surface area (Å²) in [5, 5.41) is 42.3. The lowest BCUT2D eigenvalue weighted by molar-refractivity contribution is -0.216. The van der Waals surface area contributed by atoms with Gasteiger partial charge < -0.3 is 29.9 Å². The van der Waals surface area contributed by atoms with Crippen molar-refractivity contribution in [3.63, 3.8) is 0 Å². The Morgan fingerprint density at radius 1 is 0.882 bits per heavy atom. The molecule has 1 aliphatic carbocycles. The second-order valence-electron chi connectivity index (χ2n) is 10.1. The van der Waals surface area contributed by atoms with Crippen LogP contribution in [0.3, 0.4) is 0 Å². The summed E-state index contributed by atoms with van der Waals surface area (Å²) in [7, 11) is 0. The molecule has 2 heterocycles. The summed E-state index contributed by atoms with van der Waals surface area (Å²) >= 11 is 0. The number of benzene rings is 3. The zero-order valence-corrected chi connectivity index (χ0v) is 19.2. The maximum absolute atomic E-state index is 13.6. The number of hydrogen-bond donors (Lipinski definition) is 4. The number of phenols is 4. The molecule has 4 N–H and O–H groups in total. The van der Waals surface area contributed by atoms with E-state index in [4.69, 9.17) is 9.47 Å². The van der Waals surface area contributed by atoms with Crippen LogP contribution in [0.2, 0.25) is 0 Å². The number of fused-ring (bicyclic) bond motifs is 8. The number of hydrogen-bond acceptors (Lipinski definition) is 7. The lowest BCUT2D eigenvalue weighted by Gasteiger charge is -2.46. The van der Waals surface area contributed by atoms with Crippen LogP contribution in [0.15, 0.2) is 30.3 Å². The Bertz CT molecular complexity index is 1450. The molecular weight excluding hydrogens is 436 g/mol. The summed E-state index contributed by atoms with van der Waals surface area (Å²) < 4.78 is 12.5. The average Bonchev–Trinajstić information content (AvgIpc) is 2.70. The zero-order valence-electron chi connectivity index (χ0n) is 19.2. The van der Waals surface area contributed by atoms with Crippen LogP contribution in [0.4, 0.5) is 0 Å². The maximum atomic E-state index is 13.6. The van der Waals surface area contributed by atoms with Crippen molar-refractivity contribution >= 4 is 5.78 Å². The van der Waals surface area contributed by atoms with Crippen molar-refractivity contribution < 1.29 is 34.7 Å². The summed E-state index contributed by atoms with van der Waals surface area (Å²) in [4.78, 5) is 13.6. The van der Waals surface area contributed by atoms with Crippen LogP contribution in [0.1, 0.15) is 76.2 Å². The highest BCUT2D eigenvalue weighted by Crippen LogP contribution is 2.56. The molecule has 0 aromatic heterocycles. The minimum Gasteiger partial charge on any atom is -0.508 e. The number of aryl methyl sites for hydroxylation is 1. The van der Waals surface area contributed by atoms with Gasteiger partial charge in [0.2, 0.25) is 11.6 Å². The Kier molecular flexibility index (Phi) is 3.83. The molecule has 0 radical (unpaired) electrons. The van der Waals surface area contributed by atoms with E-state index in [0.29, 0.717) is 34.4 Å². The smallest absolute Gasteiger partial charge is 0.212 e. The Morgan fingerprint density at radius 2 is 1.56 bits per heavy atom. The maximum Gasteiger partial charge on any atom is 0.212 e. The minimum atomic E-state index is -1.02. The largest absolute Gasteiger partial charge is 0.508 e. The predicted octanol–water partition coefficient (Wildman–Crippen LogP) is 4.46. The van der Waals surface area contributed by atoms with E-state index in [1.807, 2.05) is 33.8 Å². The number of phenolic OH excluding ortho intramolecular Hbond substituents is 4. The topological polar surface area (TPSA) is 116 Å². The fourth-order valence-electron chi connectivity index (χ4n) is 5.87. The third-order valence-corrected chi connectivity index (χ3v) is 7.39. The van der Waals surface area contributed by atoms with Gasteiger partial charge in [-0.15, -0.1) is 0 Å². The molecule has 3 aromatic rings. The van der Waals surface area contributed by atoms with E-state index < -0.39 is 23.1 Å². The molecule has 2 aliphatic heterocycles. The fraction of sp³-hybridized carbons (Fsp3) is 0.296. The van der Waals surface area contributed by atoms with E-state index in [-0.39, 0.29) is 34.1 Å². The molecule has 7 heteroatoms. The lowest BCUT2D eigenvalue weighted by atomic mass is 9.66. The van der Waals surface area contributed by atoms with Crippen molar-refractivity contribution in [3.8, 4) is 28.7 Å². The summed E-state index contributed by atoms with van der Waals surface area (Å²) in [6, 6.07) is 7.66. The van der Waals surface area contributed by atoms with E-state index in [1.165, 1.54) is 12.1 Å². The van der Waals surface area contributed by atoms with Gasteiger partial charge in [0, 0.05) is 42.0 Å². The first kappa shape index (κ1) is 20.9. The fourth-order valence-corrected chi connectivity index (χ4v) is 5.87. The predicted molar refractivity (Wildman–Crippen MR) is 122 cm³/mol. The molecule has 3 aliphatic rings. The molecule has 2 bridgehead atoms. The molecule has 7 nitrogen and oxygen atoms in total. The number of ether oxygens (including phenoxy) is 2. The first-order valence-electron chi connectivity index (χ1n) is 11.1. The Hall–Kier alpha value is -3.71. The van der Waals surface area contributed by atoms with E-state index >= 15 is 0 Å². The first-order chi connectivity index (χ1) is 15.9. The number of ketones is 1. The summed E-state index contributed by atoms with van der Waals surface area (Å²) in [5.41, 5.74) is 3.21. The van der Waals surface area contributed by atoms with Crippen molar-refractivity contribution in [2.45, 2.75) is 51.4 Å². The van der Waals surface area contributed by atoms with Gasteiger partial charge in [0.1, 0.15) is 34.9 Å². The normalized spacial score (nSPS) is 23.3. The van der Waals surface area contributed by atoms with Gasteiger partial charge in [-0.3, -0.25) is 4.79 Å². The molecule has 3 aromatic carbocycles. The molecule has 0 fully saturated rings. The monoisotopic (exact) mass is 460 g/mol. The van der Waals surface area contributed by atoms with Crippen molar-refractivity contribution in [1.82, 2.24) is 0 Å². The lowest BCUT2D eigenvalue weighted by Crippen LogP contribution is -2.47. The molecule has 34 heavy (non-hydrogen) atoms. The Balaban J connectivity index is 1.66. The minimum absolute atomic E-state index is 0.0700. The second-order valence-corrected chi connectivity index (χ2v) is 10.1. The van der Waals surface area contributed by atoms with E-state index in [9.17, 15) is 25.2 Å². The highest BCUT2D eigenvalue weighted by Gasteiger charge is 2.49. The average molecular weight is 460 g/mol.